The van der Waals surface area contributed by atoms with Crippen molar-refractivity contribution in [3.8, 4) is 0 Å². The van der Waals surface area contributed by atoms with Gasteiger partial charge in [0.25, 0.3) is 5.91 Å². The Morgan fingerprint density at radius 1 is 1.15 bits per heavy atom. The van der Waals surface area contributed by atoms with Crippen molar-refractivity contribution in [1.82, 2.24) is 5.32 Å². The third-order valence-corrected chi connectivity index (χ3v) is 5.14. The predicted octanol–water partition coefficient (Wildman–Crippen LogP) is 4.23. The summed E-state index contributed by atoms with van der Waals surface area (Å²) in [5.74, 6) is -1.49. The van der Waals surface area contributed by atoms with Gasteiger partial charge in [-0.3, -0.25) is 9.59 Å². The molecule has 0 heterocycles. The van der Waals surface area contributed by atoms with Gasteiger partial charge in [-0.25, -0.2) is 4.79 Å². The molecule has 0 aromatic heterocycles. The molecule has 0 bridgehead atoms. The van der Waals surface area contributed by atoms with Gasteiger partial charge < -0.3 is 15.7 Å². The fourth-order valence-corrected chi connectivity index (χ4v) is 3.57. The topological polar surface area (TPSA) is 95.5 Å². The van der Waals surface area contributed by atoms with Gasteiger partial charge in [0, 0.05) is 12.1 Å². The van der Waals surface area contributed by atoms with Crippen LogP contribution < -0.4 is 10.6 Å². The number of amides is 2. The van der Waals surface area contributed by atoms with E-state index in [1.807, 2.05) is 13.8 Å². The number of benzene rings is 1. The minimum atomic E-state index is -1.27. The maximum Gasteiger partial charge on any atom is 0.329 e. The first-order chi connectivity index (χ1) is 12.7. The number of anilines is 1. The molecule has 2 rings (SSSR count). The van der Waals surface area contributed by atoms with Crippen molar-refractivity contribution in [3.05, 3.63) is 28.8 Å². The minimum absolute atomic E-state index is 0.149. The summed E-state index contributed by atoms with van der Waals surface area (Å²) in [6, 6.07) is 4.64. The highest BCUT2D eigenvalue weighted by molar-refractivity contribution is 6.34. The van der Waals surface area contributed by atoms with Crippen LogP contribution in [-0.2, 0) is 9.59 Å². The van der Waals surface area contributed by atoms with Gasteiger partial charge in [-0.1, -0.05) is 51.1 Å². The van der Waals surface area contributed by atoms with Gasteiger partial charge in [0.05, 0.1) is 10.6 Å². The molecule has 0 aliphatic heterocycles. The first kappa shape index (κ1) is 21.2. The van der Waals surface area contributed by atoms with Gasteiger partial charge in [0.15, 0.2) is 0 Å². The van der Waals surface area contributed by atoms with E-state index in [1.165, 1.54) is 12.1 Å². The molecular formula is C20H27ClN2O4. The first-order valence-corrected chi connectivity index (χ1v) is 9.76. The van der Waals surface area contributed by atoms with E-state index >= 15 is 0 Å². The Hall–Kier alpha value is -2.08. The molecule has 6 nitrogen and oxygen atoms in total. The zero-order valence-corrected chi connectivity index (χ0v) is 16.6. The SMILES string of the molecule is CC(C)CC(=O)Nc1ccc(Cl)c(C(=O)NC2(C(=O)O)CCCCCC2)c1. The minimum Gasteiger partial charge on any atom is -0.480 e. The van der Waals surface area contributed by atoms with Gasteiger partial charge in [-0.2, -0.15) is 0 Å². The fraction of sp³-hybridized carbons (Fsp3) is 0.550. The van der Waals surface area contributed by atoms with Crippen LogP contribution in [0, 0.1) is 5.92 Å². The second-order valence-corrected chi connectivity index (χ2v) is 8.00. The van der Waals surface area contributed by atoms with E-state index in [9.17, 15) is 19.5 Å². The van der Waals surface area contributed by atoms with Gasteiger partial charge in [0.1, 0.15) is 5.54 Å². The first-order valence-electron chi connectivity index (χ1n) is 9.39. The molecule has 7 heteroatoms. The molecule has 3 N–H and O–H groups in total. The summed E-state index contributed by atoms with van der Waals surface area (Å²) in [7, 11) is 0. The molecule has 1 saturated carbocycles. The number of nitrogens with one attached hydrogen (secondary N) is 2. The standard InChI is InChI=1S/C20H27ClN2O4/c1-13(2)11-17(24)22-14-7-8-16(21)15(12-14)18(25)23-20(19(26)27)9-5-3-4-6-10-20/h7-8,12-13H,3-6,9-11H2,1-2H3,(H,22,24)(H,23,25)(H,26,27). The van der Waals surface area contributed by atoms with Crippen LogP contribution in [0.1, 0.15) is 69.2 Å². The van der Waals surface area contributed by atoms with Crippen molar-refractivity contribution in [2.24, 2.45) is 5.92 Å². The summed E-state index contributed by atoms with van der Waals surface area (Å²) in [5, 5.41) is 15.4. The Kier molecular flexibility index (Phi) is 7.25. The Bertz CT molecular complexity index is 710. The second kappa shape index (κ2) is 9.22. The normalized spacial score (nSPS) is 16.4. The summed E-state index contributed by atoms with van der Waals surface area (Å²) in [5.41, 5.74) is -0.655. The van der Waals surface area contributed by atoms with Crippen molar-refractivity contribution in [3.63, 3.8) is 0 Å². The van der Waals surface area contributed by atoms with Crippen molar-refractivity contribution >= 4 is 35.1 Å². The number of rotatable bonds is 6. The Morgan fingerprint density at radius 3 is 2.33 bits per heavy atom. The van der Waals surface area contributed by atoms with Crippen LogP contribution in [0.4, 0.5) is 5.69 Å². The van der Waals surface area contributed by atoms with Gasteiger partial charge >= 0.3 is 5.97 Å². The number of aliphatic carboxylic acids is 1. The zero-order valence-electron chi connectivity index (χ0n) is 15.8. The van der Waals surface area contributed by atoms with Crippen LogP contribution in [0.3, 0.4) is 0 Å². The van der Waals surface area contributed by atoms with E-state index < -0.39 is 17.4 Å². The lowest BCUT2D eigenvalue weighted by Gasteiger charge is -2.29. The third kappa shape index (κ3) is 5.70. The number of carbonyl (C=O) groups is 3. The summed E-state index contributed by atoms with van der Waals surface area (Å²) in [6.07, 6.45) is 4.60. The maximum atomic E-state index is 12.8. The molecule has 1 aliphatic rings. The smallest absolute Gasteiger partial charge is 0.329 e. The molecule has 0 atom stereocenters. The molecule has 148 valence electrons. The number of carboxylic acid groups (broad SMARTS) is 1. The van der Waals surface area contributed by atoms with Crippen LogP contribution in [0.2, 0.25) is 5.02 Å². The lowest BCUT2D eigenvalue weighted by molar-refractivity contribution is -0.145. The predicted molar refractivity (Wildman–Crippen MR) is 105 cm³/mol. The van der Waals surface area contributed by atoms with Crippen molar-refractivity contribution in [1.29, 1.82) is 0 Å². The molecular weight excluding hydrogens is 368 g/mol. The molecule has 27 heavy (non-hydrogen) atoms. The number of hydrogen-bond acceptors (Lipinski definition) is 3. The summed E-state index contributed by atoms with van der Waals surface area (Å²) in [4.78, 5) is 36.7. The Morgan fingerprint density at radius 2 is 1.78 bits per heavy atom. The summed E-state index contributed by atoms with van der Waals surface area (Å²) in [6.45, 7) is 3.89. The number of carboxylic acids is 1. The highest BCUT2D eigenvalue weighted by atomic mass is 35.5. The van der Waals surface area contributed by atoms with Gasteiger partial charge in [-0.05, 0) is 37.0 Å². The van der Waals surface area contributed by atoms with E-state index in [1.54, 1.807) is 6.07 Å². The lowest BCUT2D eigenvalue weighted by Crippen LogP contribution is -2.54. The second-order valence-electron chi connectivity index (χ2n) is 7.60. The van der Waals surface area contributed by atoms with E-state index in [4.69, 9.17) is 11.6 Å². The zero-order chi connectivity index (χ0) is 20.0. The van der Waals surface area contributed by atoms with Crippen LogP contribution in [0.25, 0.3) is 0 Å². The third-order valence-electron chi connectivity index (χ3n) is 4.81. The highest BCUT2D eigenvalue weighted by Gasteiger charge is 2.40. The average Bonchev–Trinajstić information content (AvgIpc) is 2.82. The van der Waals surface area contributed by atoms with Gasteiger partial charge in [-0.15, -0.1) is 0 Å². The molecule has 1 aliphatic carbocycles. The molecule has 1 fully saturated rings. The number of halogens is 1. The number of hydrogen-bond donors (Lipinski definition) is 3. The largest absolute Gasteiger partial charge is 0.480 e. The van der Waals surface area contributed by atoms with Crippen molar-refractivity contribution in [2.45, 2.75) is 64.3 Å². The summed E-state index contributed by atoms with van der Waals surface area (Å²) >= 11 is 6.17. The quantitative estimate of drug-likeness (QED) is 0.629. The van der Waals surface area contributed by atoms with E-state index in [0.717, 1.165) is 25.7 Å². The number of carbonyl (C=O) groups excluding carboxylic acids is 2. The van der Waals surface area contributed by atoms with E-state index in [-0.39, 0.29) is 22.4 Å². The fourth-order valence-electron chi connectivity index (χ4n) is 3.37. The van der Waals surface area contributed by atoms with E-state index in [2.05, 4.69) is 10.6 Å². The maximum absolute atomic E-state index is 12.8. The highest BCUT2D eigenvalue weighted by Crippen LogP contribution is 2.29. The molecule has 0 spiro atoms. The average molecular weight is 395 g/mol. The Balaban J connectivity index is 2.20. The summed E-state index contributed by atoms with van der Waals surface area (Å²) < 4.78 is 0. The monoisotopic (exact) mass is 394 g/mol. The van der Waals surface area contributed by atoms with Gasteiger partial charge in [0.2, 0.25) is 5.91 Å². The van der Waals surface area contributed by atoms with Crippen LogP contribution >= 0.6 is 11.6 Å². The molecule has 1 aromatic rings. The lowest BCUT2D eigenvalue weighted by atomic mass is 9.89. The molecule has 1 aromatic carbocycles. The van der Waals surface area contributed by atoms with Crippen molar-refractivity contribution < 1.29 is 19.5 Å². The Labute approximate surface area is 164 Å². The van der Waals surface area contributed by atoms with E-state index in [0.29, 0.717) is 24.9 Å². The molecule has 2 amide bonds. The van der Waals surface area contributed by atoms with Crippen molar-refractivity contribution in [2.75, 3.05) is 5.32 Å². The molecule has 0 saturated heterocycles. The van der Waals surface area contributed by atoms with Crippen LogP contribution in [0.15, 0.2) is 18.2 Å². The molecule has 0 unspecified atom stereocenters. The van der Waals surface area contributed by atoms with Crippen LogP contribution in [0.5, 0.6) is 0 Å². The van der Waals surface area contributed by atoms with Crippen LogP contribution in [-0.4, -0.2) is 28.4 Å². The molecule has 0 radical (unpaired) electrons.